The molecule has 3 rings (SSSR count). The van der Waals surface area contributed by atoms with Crippen LogP contribution in [0.4, 0.5) is 18.9 Å². The molecule has 1 aliphatic rings. The number of carbonyl (C=O) groups is 1. The van der Waals surface area contributed by atoms with Gasteiger partial charge >= 0.3 is 6.18 Å². The molecule has 11 heteroatoms. The van der Waals surface area contributed by atoms with Gasteiger partial charge in [0.1, 0.15) is 11.8 Å². The fourth-order valence-electron chi connectivity index (χ4n) is 3.45. The summed E-state index contributed by atoms with van der Waals surface area (Å²) in [4.78, 5) is 12.8. The highest BCUT2D eigenvalue weighted by atomic mass is 35.5. The molecule has 31 heavy (non-hydrogen) atoms. The number of rotatable bonds is 5. The van der Waals surface area contributed by atoms with E-state index in [4.69, 9.17) is 16.3 Å². The SMILES string of the molecule is COc1ccc(C)c(S(=O)(=O)N2CCCC2C(=O)Nc2ccc(Cl)c(C(F)(F)F)c2)c1. The van der Waals surface area contributed by atoms with Crippen molar-refractivity contribution >= 4 is 33.2 Å². The van der Waals surface area contributed by atoms with Gasteiger partial charge in [-0.25, -0.2) is 8.42 Å². The number of nitrogens with one attached hydrogen (secondary N) is 1. The van der Waals surface area contributed by atoms with E-state index in [-0.39, 0.29) is 23.5 Å². The van der Waals surface area contributed by atoms with E-state index in [0.717, 1.165) is 16.4 Å². The summed E-state index contributed by atoms with van der Waals surface area (Å²) in [5, 5.41) is 1.89. The second kappa shape index (κ2) is 8.68. The van der Waals surface area contributed by atoms with Gasteiger partial charge in [0.15, 0.2) is 0 Å². The summed E-state index contributed by atoms with van der Waals surface area (Å²) in [6.45, 7) is 1.75. The van der Waals surface area contributed by atoms with Crippen LogP contribution in [0.25, 0.3) is 0 Å². The van der Waals surface area contributed by atoms with Gasteiger partial charge in [-0.05, 0) is 49.6 Å². The Morgan fingerprint density at radius 1 is 1.23 bits per heavy atom. The van der Waals surface area contributed by atoms with Gasteiger partial charge in [-0.2, -0.15) is 17.5 Å². The summed E-state index contributed by atoms with van der Waals surface area (Å²) in [5.74, 6) is -0.359. The maximum absolute atomic E-state index is 13.2. The minimum Gasteiger partial charge on any atom is -0.497 e. The molecule has 0 aliphatic carbocycles. The molecule has 1 fully saturated rings. The van der Waals surface area contributed by atoms with Crippen LogP contribution >= 0.6 is 11.6 Å². The molecular weight excluding hydrogens is 457 g/mol. The average Bonchev–Trinajstić information content (AvgIpc) is 3.20. The lowest BCUT2D eigenvalue weighted by molar-refractivity contribution is -0.137. The zero-order chi connectivity index (χ0) is 23.0. The first-order valence-electron chi connectivity index (χ1n) is 9.29. The molecule has 1 heterocycles. The van der Waals surface area contributed by atoms with Crippen LogP contribution in [0.1, 0.15) is 24.0 Å². The van der Waals surface area contributed by atoms with Crippen LogP contribution < -0.4 is 10.1 Å². The Morgan fingerprint density at radius 2 is 1.94 bits per heavy atom. The van der Waals surface area contributed by atoms with Crippen LogP contribution in [0.3, 0.4) is 0 Å². The summed E-state index contributed by atoms with van der Waals surface area (Å²) >= 11 is 5.60. The van der Waals surface area contributed by atoms with E-state index in [9.17, 15) is 26.4 Å². The summed E-state index contributed by atoms with van der Waals surface area (Å²) in [6, 6.07) is 6.54. The van der Waals surface area contributed by atoms with E-state index >= 15 is 0 Å². The van der Waals surface area contributed by atoms with Crippen LogP contribution in [0, 0.1) is 6.92 Å². The standard InChI is InChI=1S/C20H20ClF3N2O4S/c1-12-5-7-14(30-2)11-18(12)31(28,29)26-9-3-4-17(26)19(27)25-13-6-8-16(21)15(10-13)20(22,23)24/h5-8,10-11,17H,3-4,9H2,1-2H3,(H,25,27). The number of aryl methyl sites for hydroxylation is 1. The summed E-state index contributed by atoms with van der Waals surface area (Å²) in [6.07, 6.45) is -4.01. The number of amides is 1. The van der Waals surface area contributed by atoms with Crippen LogP contribution in [0.15, 0.2) is 41.3 Å². The van der Waals surface area contributed by atoms with Gasteiger partial charge in [0.05, 0.1) is 22.6 Å². The first-order valence-corrected chi connectivity index (χ1v) is 11.1. The van der Waals surface area contributed by atoms with E-state index in [1.165, 1.54) is 19.2 Å². The number of benzene rings is 2. The largest absolute Gasteiger partial charge is 0.497 e. The summed E-state index contributed by atoms with van der Waals surface area (Å²) < 4.78 is 71.9. The Bertz CT molecular complexity index is 1110. The Balaban J connectivity index is 1.88. The fourth-order valence-corrected chi connectivity index (χ4v) is 5.57. The zero-order valence-electron chi connectivity index (χ0n) is 16.7. The molecule has 1 N–H and O–H groups in total. The average molecular weight is 477 g/mol. The molecule has 0 radical (unpaired) electrons. The highest BCUT2D eigenvalue weighted by Gasteiger charge is 2.40. The lowest BCUT2D eigenvalue weighted by Crippen LogP contribution is -2.43. The molecule has 6 nitrogen and oxygen atoms in total. The number of alkyl halides is 3. The van der Waals surface area contributed by atoms with Crippen LogP contribution in [-0.4, -0.2) is 38.3 Å². The number of ether oxygens (including phenoxy) is 1. The maximum Gasteiger partial charge on any atom is 0.417 e. The first-order chi connectivity index (χ1) is 14.4. The molecule has 2 aromatic rings. The van der Waals surface area contributed by atoms with Gasteiger partial charge in [-0.15, -0.1) is 0 Å². The minimum absolute atomic E-state index is 0.0115. The monoisotopic (exact) mass is 476 g/mol. The lowest BCUT2D eigenvalue weighted by atomic mass is 10.1. The number of carbonyl (C=O) groups excluding carboxylic acids is 1. The second-order valence-corrected chi connectivity index (χ2v) is 9.35. The predicted molar refractivity (Wildman–Crippen MR) is 110 cm³/mol. The van der Waals surface area contributed by atoms with Gasteiger partial charge in [0.2, 0.25) is 15.9 Å². The van der Waals surface area contributed by atoms with E-state index in [2.05, 4.69) is 5.32 Å². The number of hydrogen-bond acceptors (Lipinski definition) is 4. The fraction of sp³-hybridized carbons (Fsp3) is 0.350. The van der Waals surface area contributed by atoms with Gasteiger partial charge in [-0.1, -0.05) is 17.7 Å². The molecule has 1 atom stereocenters. The Morgan fingerprint density at radius 3 is 2.58 bits per heavy atom. The number of nitrogens with zero attached hydrogens (tertiary/aromatic N) is 1. The molecule has 168 valence electrons. The molecule has 1 amide bonds. The van der Waals surface area contributed by atoms with Gasteiger partial charge in [0, 0.05) is 18.3 Å². The molecule has 2 aromatic carbocycles. The smallest absolute Gasteiger partial charge is 0.417 e. The number of sulfonamides is 1. The summed E-state index contributed by atoms with van der Waals surface area (Å²) in [7, 11) is -2.62. The van der Waals surface area contributed by atoms with Gasteiger partial charge in [0.25, 0.3) is 0 Å². The quantitative estimate of drug-likeness (QED) is 0.691. The van der Waals surface area contributed by atoms with Crippen molar-refractivity contribution in [3.63, 3.8) is 0 Å². The maximum atomic E-state index is 13.2. The Kier molecular flexibility index (Phi) is 6.54. The van der Waals surface area contributed by atoms with Crippen molar-refractivity contribution in [1.82, 2.24) is 4.31 Å². The van der Waals surface area contributed by atoms with E-state index < -0.39 is 38.7 Å². The molecule has 0 spiro atoms. The third-order valence-corrected chi connectivity index (χ3v) is 7.41. The summed E-state index contributed by atoms with van der Waals surface area (Å²) in [5.41, 5.74) is -0.724. The first kappa shape index (κ1) is 23.4. The third kappa shape index (κ3) is 4.81. The molecule has 0 bridgehead atoms. The van der Waals surface area contributed by atoms with Crippen molar-refractivity contribution in [1.29, 1.82) is 0 Å². The van der Waals surface area contributed by atoms with E-state index in [1.54, 1.807) is 19.1 Å². The third-order valence-electron chi connectivity index (χ3n) is 5.03. The van der Waals surface area contributed by atoms with E-state index in [1.807, 2.05) is 0 Å². The molecule has 0 aromatic heterocycles. The molecular formula is C20H20ClF3N2O4S. The van der Waals surface area contributed by atoms with E-state index in [0.29, 0.717) is 17.7 Å². The van der Waals surface area contributed by atoms with Crippen LogP contribution in [0.2, 0.25) is 5.02 Å². The lowest BCUT2D eigenvalue weighted by Gasteiger charge is -2.24. The van der Waals surface area contributed by atoms with Crippen molar-refractivity contribution in [3.8, 4) is 5.75 Å². The number of anilines is 1. The highest BCUT2D eigenvalue weighted by molar-refractivity contribution is 7.89. The zero-order valence-corrected chi connectivity index (χ0v) is 18.2. The minimum atomic E-state index is -4.69. The topological polar surface area (TPSA) is 75.7 Å². The second-order valence-electron chi connectivity index (χ2n) is 7.09. The molecule has 1 unspecified atom stereocenters. The highest BCUT2D eigenvalue weighted by Crippen LogP contribution is 2.36. The normalized spacial score (nSPS) is 17.5. The molecule has 0 saturated carbocycles. The number of halogens is 4. The molecule has 1 aliphatic heterocycles. The number of hydrogen-bond donors (Lipinski definition) is 1. The van der Waals surface area contributed by atoms with Crippen molar-refractivity contribution < 1.29 is 31.1 Å². The van der Waals surface area contributed by atoms with Crippen LogP contribution in [0.5, 0.6) is 5.75 Å². The predicted octanol–water partition coefficient (Wildman–Crippen LogP) is 4.47. The van der Waals surface area contributed by atoms with Crippen molar-refractivity contribution in [2.24, 2.45) is 0 Å². The van der Waals surface area contributed by atoms with Crippen molar-refractivity contribution in [2.75, 3.05) is 19.0 Å². The number of methoxy groups -OCH3 is 1. The van der Waals surface area contributed by atoms with Crippen molar-refractivity contribution in [2.45, 2.75) is 36.9 Å². The van der Waals surface area contributed by atoms with Gasteiger partial charge < -0.3 is 10.1 Å². The van der Waals surface area contributed by atoms with Crippen LogP contribution in [-0.2, 0) is 21.0 Å². The van der Waals surface area contributed by atoms with Gasteiger partial charge in [-0.3, -0.25) is 4.79 Å². The Labute approximate surface area is 183 Å². The Hall–Kier alpha value is -2.30. The molecule has 1 saturated heterocycles. The van der Waals surface area contributed by atoms with Crippen molar-refractivity contribution in [3.05, 3.63) is 52.5 Å².